The number of hydrogen-bond acceptors (Lipinski definition) is 5. The van der Waals surface area contributed by atoms with Crippen LogP contribution in [0.3, 0.4) is 0 Å². The molecule has 2 amide bonds. The Bertz CT molecular complexity index is 902. The molecule has 164 valence electrons. The first-order chi connectivity index (χ1) is 15.2. The Labute approximate surface area is 182 Å². The summed E-state index contributed by atoms with van der Waals surface area (Å²) in [6.45, 7) is 3.12. The largest absolute Gasteiger partial charge is 0.354 e. The lowest BCUT2D eigenvalue weighted by molar-refractivity contribution is -0.160. The Morgan fingerprint density at radius 2 is 2.10 bits per heavy atom. The van der Waals surface area contributed by atoms with Crippen molar-refractivity contribution in [1.29, 1.82) is 0 Å². The maximum atomic E-state index is 13.3. The molecular formula is C23H30N6O2. The number of aromatic amines is 1. The van der Waals surface area contributed by atoms with Crippen LogP contribution in [0.5, 0.6) is 0 Å². The third-order valence-electron chi connectivity index (χ3n) is 7.05. The Kier molecular flexibility index (Phi) is 5.72. The summed E-state index contributed by atoms with van der Waals surface area (Å²) < 4.78 is 0. The highest BCUT2D eigenvalue weighted by Gasteiger charge is 2.51. The number of hydrogen-bond donors (Lipinski definition) is 2. The molecule has 2 N–H and O–H groups in total. The minimum atomic E-state index is -0.373. The van der Waals surface area contributed by atoms with Gasteiger partial charge in [-0.1, -0.05) is 6.07 Å². The van der Waals surface area contributed by atoms with Gasteiger partial charge in [0.25, 0.3) is 0 Å². The van der Waals surface area contributed by atoms with Crippen molar-refractivity contribution >= 4 is 11.8 Å². The molecule has 5 rings (SSSR count). The summed E-state index contributed by atoms with van der Waals surface area (Å²) in [6, 6.07) is 7.72. The lowest BCUT2D eigenvalue weighted by Crippen LogP contribution is -2.68. The third-order valence-corrected chi connectivity index (χ3v) is 7.05. The number of nitrogens with zero attached hydrogens (tertiary/aromatic N) is 4. The molecule has 3 aliphatic heterocycles. The highest BCUT2D eigenvalue weighted by Crippen LogP contribution is 2.41. The topological polar surface area (TPSA) is 94.2 Å². The van der Waals surface area contributed by atoms with Crippen LogP contribution in [0.1, 0.15) is 37.1 Å². The lowest BCUT2D eigenvalue weighted by atomic mass is 9.71. The second kappa shape index (κ2) is 8.78. The van der Waals surface area contributed by atoms with E-state index in [0.29, 0.717) is 25.3 Å². The van der Waals surface area contributed by atoms with Crippen LogP contribution in [0.15, 0.2) is 36.7 Å². The molecule has 0 aliphatic carbocycles. The fourth-order valence-corrected chi connectivity index (χ4v) is 5.79. The number of rotatable bonds is 6. The summed E-state index contributed by atoms with van der Waals surface area (Å²) in [5.74, 6) is 0.731. The van der Waals surface area contributed by atoms with Crippen molar-refractivity contribution < 1.29 is 9.59 Å². The van der Waals surface area contributed by atoms with Gasteiger partial charge in [-0.2, -0.15) is 5.10 Å². The molecule has 4 atom stereocenters. The zero-order valence-corrected chi connectivity index (χ0v) is 17.7. The van der Waals surface area contributed by atoms with Crippen LogP contribution in [-0.4, -0.2) is 68.5 Å². The molecule has 8 nitrogen and oxygen atoms in total. The number of fused-ring (bicyclic) bond motifs is 4. The van der Waals surface area contributed by atoms with E-state index in [9.17, 15) is 9.59 Å². The van der Waals surface area contributed by atoms with E-state index >= 15 is 0 Å². The number of aromatic nitrogens is 3. The summed E-state index contributed by atoms with van der Waals surface area (Å²) >= 11 is 0. The van der Waals surface area contributed by atoms with E-state index in [1.165, 1.54) is 0 Å². The molecule has 3 aliphatic rings. The molecule has 3 fully saturated rings. The molecular weight excluding hydrogens is 392 g/mol. The molecule has 2 bridgehead atoms. The fraction of sp³-hybridized carbons (Fsp3) is 0.565. The molecule has 31 heavy (non-hydrogen) atoms. The van der Waals surface area contributed by atoms with E-state index in [2.05, 4.69) is 31.5 Å². The van der Waals surface area contributed by atoms with Gasteiger partial charge >= 0.3 is 0 Å². The molecule has 0 saturated carbocycles. The lowest BCUT2D eigenvalue weighted by Gasteiger charge is -2.55. The number of H-pyrrole nitrogens is 1. The molecule has 0 aromatic carbocycles. The Morgan fingerprint density at radius 1 is 1.19 bits per heavy atom. The Hall–Kier alpha value is -2.74. The van der Waals surface area contributed by atoms with E-state index in [1.807, 2.05) is 29.3 Å². The SMILES string of the molecule is O=C(NCCc1ccn[nH]1)[C@H]1[C@@H]2C[C@@H](CN(Cc3ccccn3)C2)[C@@H]2CCCC(=O)N21. The monoisotopic (exact) mass is 422 g/mol. The van der Waals surface area contributed by atoms with Crippen molar-refractivity contribution in [2.24, 2.45) is 11.8 Å². The second-order valence-electron chi connectivity index (χ2n) is 9.10. The number of piperidine rings is 3. The summed E-state index contributed by atoms with van der Waals surface area (Å²) in [6.07, 6.45) is 7.76. The number of amides is 2. The quantitative estimate of drug-likeness (QED) is 0.733. The van der Waals surface area contributed by atoms with E-state index < -0.39 is 0 Å². The molecule has 0 spiro atoms. The van der Waals surface area contributed by atoms with Gasteiger partial charge in [-0.15, -0.1) is 0 Å². The van der Waals surface area contributed by atoms with Gasteiger partial charge in [0.15, 0.2) is 0 Å². The first-order valence-electron chi connectivity index (χ1n) is 11.4. The number of nitrogens with one attached hydrogen (secondary N) is 2. The average molecular weight is 423 g/mol. The van der Waals surface area contributed by atoms with Crippen LogP contribution in [0, 0.1) is 11.8 Å². The van der Waals surface area contributed by atoms with E-state index in [1.54, 1.807) is 6.20 Å². The number of pyridine rings is 1. The predicted octanol–water partition coefficient (Wildman–Crippen LogP) is 1.36. The van der Waals surface area contributed by atoms with Crippen molar-refractivity contribution in [2.75, 3.05) is 19.6 Å². The predicted molar refractivity (Wildman–Crippen MR) is 115 cm³/mol. The fourth-order valence-electron chi connectivity index (χ4n) is 5.79. The summed E-state index contributed by atoms with van der Waals surface area (Å²) in [5, 5.41) is 9.99. The smallest absolute Gasteiger partial charge is 0.243 e. The third kappa shape index (κ3) is 4.21. The van der Waals surface area contributed by atoms with Crippen molar-refractivity contribution in [3.63, 3.8) is 0 Å². The molecule has 2 aromatic rings. The van der Waals surface area contributed by atoms with Crippen LogP contribution in [0.25, 0.3) is 0 Å². The number of carbonyl (C=O) groups is 2. The zero-order valence-electron chi connectivity index (χ0n) is 17.7. The van der Waals surface area contributed by atoms with Crippen LogP contribution in [-0.2, 0) is 22.6 Å². The molecule has 5 heterocycles. The van der Waals surface area contributed by atoms with Gasteiger partial charge in [-0.05, 0) is 43.4 Å². The highest BCUT2D eigenvalue weighted by atomic mass is 16.2. The Balaban J connectivity index is 1.32. The van der Waals surface area contributed by atoms with Crippen molar-refractivity contribution in [2.45, 2.75) is 50.7 Å². The normalized spacial score (nSPS) is 28.3. The Morgan fingerprint density at radius 3 is 2.90 bits per heavy atom. The summed E-state index contributed by atoms with van der Waals surface area (Å²) in [5.41, 5.74) is 2.05. The van der Waals surface area contributed by atoms with Gasteiger partial charge in [-0.25, -0.2) is 0 Å². The van der Waals surface area contributed by atoms with E-state index in [0.717, 1.165) is 50.3 Å². The van der Waals surface area contributed by atoms with Crippen molar-refractivity contribution in [3.8, 4) is 0 Å². The maximum Gasteiger partial charge on any atom is 0.243 e. The molecule has 0 radical (unpaired) electrons. The zero-order chi connectivity index (χ0) is 21.2. The minimum Gasteiger partial charge on any atom is -0.354 e. The van der Waals surface area contributed by atoms with Gasteiger partial charge in [0.1, 0.15) is 6.04 Å². The van der Waals surface area contributed by atoms with Gasteiger partial charge in [0.05, 0.1) is 5.69 Å². The van der Waals surface area contributed by atoms with Crippen molar-refractivity contribution in [1.82, 2.24) is 30.3 Å². The van der Waals surface area contributed by atoms with Crippen LogP contribution in [0.4, 0.5) is 0 Å². The second-order valence-corrected chi connectivity index (χ2v) is 9.10. The minimum absolute atomic E-state index is 0.0112. The van der Waals surface area contributed by atoms with E-state index in [4.69, 9.17) is 0 Å². The first kappa shape index (κ1) is 20.2. The van der Waals surface area contributed by atoms with Gasteiger partial charge in [-0.3, -0.25) is 24.6 Å². The van der Waals surface area contributed by atoms with Gasteiger partial charge < -0.3 is 10.2 Å². The van der Waals surface area contributed by atoms with Gasteiger partial charge in [0.2, 0.25) is 11.8 Å². The number of likely N-dealkylation sites (tertiary alicyclic amines) is 1. The highest BCUT2D eigenvalue weighted by molar-refractivity contribution is 5.89. The number of carbonyl (C=O) groups excluding carboxylic acids is 2. The maximum absolute atomic E-state index is 13.3. The van der Waals surface area contributed by atoms with Gasteiger partial charge in [0, 0.05) is 69.1 Å². The van der Waals surface area contributed by atoms with Crippen LogP contribution < -0.4 is 5.32 Å². The van der Waals surface area contributed by atoms with E-state index in [-0.39, 0.29) is 29.8 Å². The van der Waals surface area contributed by atoms with Crippen molar-refractivity contribution in [3.05, 3.63) is 48.0 Å². The first-order valence-corrected chi connectivity index (χ1v) is 11.4. The van der Waals surface area contributed by atoms with Crippen LogP contribution >= 0.6 is 0 Å². The molecule has 0 unspecified atom stereocenters. The standard InChI is InChI=1S/C23H30N6O2/c30-21-6-3-5-20-16-12-17(14-28(13-16)15-19-4-1-2-9-24-19)22(29(20)21)23(31)25-10-7-18-8-11-26-27-18/h1-2,4,8-9,11,16-17,20,22H,3,5-7,10,12-15H2,(H,25,31)(H,26,27)/t16-,17+,20-,22+/m0/s1. The summed E-state index contributed by atoms with van der Waals surface area (Å²) in [7, 11) is 0. The summed E-state index contributed by atoms with van der Waals surface area (Å²) in [4.78, 5) is 35.1. The molecule has 2 aromatic heterocycles. The average Bonchev–Trinajstić information content (AvgIpc) is 3.29. The molecule has 3 saturated heterocycles. The molecule has 8 heteroatoms. The van der Waals surface area contributed by atoms with Crippen LogP contribution in [0.2, 0.25) is 0 Å².